The van der Waals surface area contributed by atoms with Crippen LogP contribution in [0.1, 0.15) is 12.8 Å². The standard InChI is InChI=1S/C22H22N4O2/c23-16-9-7-15(8-10-16)19-21-20(17-5-1-2-6-18(17)28-21)26(22(27)24-19)14-13-25-11-3-4-12-25/h1-2,5-10H,3-4,11-14,23H2. The molecular weight excluding hydrogens is 352 g/mol. The molecule has 2 N–H and O–H groups in total. The molecule has 0 amide bonds. The first-order valence-corrected chi connectivity index (χ1v) is 9.71. The Morgan fingerprint density at radius 2 is 1.75 bits per heavy atom. The van der Waals surface area contributed by atoms with Crippen molar-refractivity contribution >= 4 is 27.8 Å². The molecule has 0 bridgehead atoms. The molecule has 3 heterocycles. The van der Waals surface area contributed by atoms with Crippen molar-refractivity contribution in [2.24, 2.45) is 0 Å². The number of para-hydroxylation sites is 1. The number of nitrogens with two attached hydrogens (primary N) is 1. The van der Waals surface area contributed by atoms with E-state index in [9.17, 15) is 4.79 Å². The average Bonchev–Trinajstić information content (AvgIpc) is 3.35. The minimum atomic E-state index is -0.245. The Hall–Kier alpha value is -3.12. The molecule has 0 saturated carbocycles. The lowest BCUT2D eigenvalue weighted by atomic mass is 10.1. The molecule has 28 heavy (non-hydrogen) atoms. The molecule has 1 aliphatic heterocycles. The first-order chi connectivity index (χ1) is 13.7. The topological polar surface area (TPSA) is 77.3 Å². The van der Waals surface area contributed by atoms with Gasteiger partial charge in [-0.15, -0.1) is 0 Å². The summed E-state index contributed by atoms with van der Waals surface area (Å²) in [5, 5.41) is 0.940. The van der Waals surface area contributed by atoms with Gasteiger partial charge in [0.25, 0.3) is 0 Å². The molecule has 6 heteroatoms. The quantitative estimate of drug-likeness (QED) is 0.553. The van der Waals surface area contributed by atoms with Crippen LogP contribution in [0, 0.1) is 0 Å². The maximum absolute atomic E-state index is 13.0. The van der Waals surface area contributed by atoms with Gasteiger partial charge in [-0.2, -0.15) is 4.98 Å². The lowest BCUT2D eigenvalue weighted by Crippen LogP contribution is -2.30. The second-order valence-electron chi connectivity index (χ2n) is 7.34. The van der Waals surface area contributed by atoms with Crippen molar-refractivity contribution in [1.82, 2.24) is 14.5 Å². The van der Waals surface area contributed by atoms with Crippen molar-refractivity contribution in [3.63, 3.8) is 0 Å². The summed E-state index contributed by atoms with van der Waals surface area (Å²) < 4.78 is 7.93. The summed E-state index contributed by atoms with van der Waals surface area (Å²) in [6.07, 6.45) is 2.46. The molecule has 2 aromatic heterocycles. The van der Waals surface area contributed by atoms with E-state index in [2.05, 4.69) is 9.88 Å². The van der Waals surface area contributed by atoms with Crippen LogP contribution in [0.4, 0.5) is 5.69 Å². The van der Waals surface area contributed by atoms with Crippen molar-refractivity contribution in [2.75, 3.05) is 25.4 Å². The van der Waals surface area contributed by atoms with Crippen molar-refractivity contribution in [2.45, 2.75) is 19.4 Å². The number of aromatic nitrogens is 2. The van der Waals surface area contributed by atoms with E-state index >= 15 is 0 Å². The summed E-state index contributed by atoms with van der Waals surface area (Å²) >= 11 is 0. The zero-order valence-corrected chi connectivity index (χ0v) is 15.6. The van der Waals surface area contributed by atoms with Crippen LogP contribution < -0.4 is 11.4 Å². The van der Waals surface area contributed by atoms with Gasteiger partial charge in [-0.1, -0.05) is 24.3 Å². The molecule has 142 valence electrons. The van der Waals surface area contributed by atoms with Crippen LogP contribution in [-0.2, 0) is 6.54 Å². The van der Waals surface area contributed by atoms with Crippen LogP contribution in [0.5, 0.6) is 0 Å². The summed E-state index contributed by atoms with van der Waals surface area (Å²) in [4.78, 5) is 19.8. The minimum absolute atomic E-state index is 0.245. The third-order valence-corrected chi connectivity index (χ3v) is 5.52. The molecule has 1 fully saturated rings. The van der Waals surface area contributed by atoms with Gasteiger partial charge in [0.15, 0.2) is 5.58 Å². The zero-order valence-electron chi connectivity index (χ0n) is 15.6. The minimum Gasteiger partial charge on any atom is -0.452 e. The lowest BCUT2D eigenvalue weighted by molar-refractivity contribution is 0.322. The van der Waals surface area contributed by atoms with Gasteiger partial charge in [-0.05, 0) is 50.2 Å². The Bertz CT molecular complexity index is 1200. The van der Waals surface area contributed by atoms with Crippen LogP contribution in [-0.4, -0.2) is 34.1 Å². The van der Waals surface area contributed by atoms with Gasteiger partial charge >= 0.3 is 5.69 Å². The molecule has 2 aromatic carbocycles. The number of furan rings is 1. The van der Waals surface area contributed by atoms with Crippen molar-refractivity contribution < 1.29 is 4.42 Å². The molecule has 5 rings (SSSR count). The molecule has 0 radical (unpaired) electrons. The predicted octanol–water partition coefficient (Wildman–Crippen LogP) is 3.49. The van der Waals surface area contributed by atoms with Crippen LogP contribution in [0.15, 0.2) is 57.7 Å². The van der Waals surface area contributed by atoms with Crippen LogP contribution in [0.3, 0.4) is 0 Å². The highest BCUT2D eigenvalue weighted by Crippen LogP contribution is 2.33. The molecule has 1 saturated heterocycles. The van der Waals surface area contributed by atoms with E-state index in [0.29, 0.717) is 23.5 Å². The smallest absolute Gasteiger partial charge is 0.348 e. The van der Waals surface area contributed by atoms with Gasteiger partial charge in [0.2, 0.25) is 0 Å². The summed E-state index contributed by atoms with van der Waals surface area (Å²) in [6.45, 7) is 3.65. The third kappa shape index (κ3) is 2.86. The van der Waals surface area contributed by atoms with Gasteiger partial charge in [0, 0.05) is 29.7 Å². The second-order valence-corrected chi connectivity index (χ2v) is 7.34. The predicted molar refractivity (Wildman–Crippen MR) is 111 cm³/mol. The highest BCUT2D eigenvalue weighted by atomic mass is 16.3. The largest absolute Gasteiger partial charge is 0.452 e. The van der Waals surface area contributed by atoms with Gasteiger partial charge in [0.1, 0.15) is 16.8 Å². The van der Waals surface area contributed by atoms with Crippen molar-refractivity contribution in [3.8, 4) is 11.3 Å². The number of hydrogen-bond donors (Lipinski definition) is 1. The Kier molecular flexibility index (Phi) is 4.13. The first kappa shape index (κ1) is 17.0. The Morgan fingerprint density at radius 3 is 2.54 bits per heavy atom. The van der Waals surface area contributed by atoms with E-state index in [4.69, 9.17) is 10.2 Å². The fourth-order valence-electron chi connectivity index (χ4n) is 4.05. The normalized spacial score (nSPS) is 15.0. The highest BCUT2D eigenvalue weighted by Gasteiger charge is 2.20. The zero-order chi connectivity index (χ0) is 19.1. The number of fused-ring (bicyclic) bond motifs is 3. The van der Waals surface area contributed by atoms with Crippen molar-refractivity contribution in [1.29, 1.82) is 0 Å². The van der Waals surface area contributed by atoms with E-state index in [1.54, 1.807) is 4.57 Å². The number of nitrogen functional groups attached to an aromatic ring is 1. The number of anilines is 1. The van der Waals surface area contributed by atoms with Gasteiger partial charge < -0.3 is 15.1 Å². The second kappa shape index (κ2) is 6.80. The third-order valence-electron chi connectivity index (χ3n) is 5.52. The van der Waals surface area contributed by atoms with Crippen LogP contribution in [0.25, 0.3) is 33.3 Å². The lowest BCUT2D eigenvalue weighted by Gasteiger charge is -2.16. The number of benzene rings is 2. The Balaban J connectivity index is 1.71. The van der Waals surface area contributed by atoms with E-state index < -0.39 is 0 Å². The molecule has 6 nitrogen and oxygen atoms in total. The Morgan fingerprint density at radius 1 is 1.00 bits per heavy atom. The Labute approximate surface area is 162 Å². The maximum atomic E-state index is 13.0. The van der Waals surface area contributed by atoms with Crippen LogP contribution >= 0.6 is 0 Å². The molecule has 0 unspecified atom stereocenters. The van der Waals surface area contributed by atoms with Crippen molar-refractivity contribution in [3.05, 3.63) is 59.0 Å². The van der Waals surface area contributed by atoms with Gasteiger partial charge in [-0.25, -0.2) is 4.79 Å². The van der Waals surface area contributed by atoms with E-state index in [1.807, 2.05) is 48.5 Å². The molecule has 4 aromatic rings. The fourth-order valence-corrected chi connectivity index (χ4v) is 4.05. The van der Waals surface area contributed by atoms with Gasteiger partial charge in [0.05, 0.1) is 0 Å². The summed E-state index contributed by atoms with van der Waals surface area (Å²) in [5.74, 6) is 0. The average molecular weight is 374 g/mol. The molecule has 0 atom stereocenters. The number of rotatable bonds is 4. The summed E-state index contributed by atoms with van der Waals surface area (Å²) in [6, 6.07) is 15.2. The maximum Gasteiger partial charge on any atom is 0.348 e. The summed E-state index contributed by atoms with van der Waals surface area (Å²) in [5.41, 5.74) is 9.85. The first-order valence-electron chi connectivity index (χ1n) is 9.71. The molecular formula is C22H22N4O2. The highest BCUT2D eigenvalue weighted by molar-refractivity contribution is 6.06. The van der Waals surface area contributed by atoms with E-state index in [0.717, 1.165) is 41.7 Å². The number of hydrogen-bond acceptors (Lipinski definition) is 5. The van der Waals surface area contributed by atoms with E-state index in [-0.39, 0.29) is 5.69 Å². The number of nitrogens with zero attached hydrogens (tertiary/aromatic N) is 3. The summed E-state index contributed by atoms with van der Waals surface area (Å²) in [7, 11) is 0. The fraction of sp³-hybridized carbons (Fsp3) is 0.273. The number of likely N-dealkylation sites (tertiary alicyclic amines) is 1. The van der Waals surface area contributed by atoms with Crippen LogP contribution in [0.2, 0.25) is 0 Å². The molecule has 0 spiro atoms. The monoisotopic (exact) mass is 374 g/mol. The molecule has 0 aliphatic carbocycles. The van der Waals surface area contributed by atoms with E-state index in [1.165, 1.54) is 12.8 Å². The van der Waals surface area contributed by atoms with Gasteiger partial charge in [-0.3, -0.25) is 4.57 Å². The SMILES string of the molecule is Nc1ccc(-c2nc(=O)n(CCN3CCCC3)c3c2oc2ccccc23)cc1. The molecule has 1 aliphatic rings.